The molecule has 1 fully saturated rings. The number of amides is 1. The second kappa shape index (κ2) is 7.51. The SMILES string of the molecule is CCc1ccc(S(=O)(=O)NCC(=O)N(CC)C2CCS(=O)(=O)C2)s1. The highest BCUT2D eigenvalue weighted by atomic mass is 32.2. The fourth-order valence-corrected chi connectivity index (χ4v) is 6.73. The van der Waals surface area contributed by atoms with Crippen LogP contribution in [0.15, 0.2) is 16.3 Å². The summed E-state index contributed by atoms with van der Waals surface area (Å²) in [5.74, 6) is -0.387. The van der Waals surface area contributed by atoms with Crippen LogP contribution in [-0.4, -0.2) is 58.3 Å². The maximum atomic E-state index is 12.3. The lowest BCUT2D eigenvalue weighted by Gasteiger charge is -2.26. The average molecular weight is 395 g/mol. The first kappa shape index (κ1) is 19.4. The van der Waals surface area contributed by atoms with Crippen LogP contribution < -0.4 is 4.72 Å². The zero-order valence-corrected chi connectivity index (χ0v) is 16.1. The van der Waals surface area contributed by atoms with E-state index in [9.17, 15) is 21.6 Å². The van der Waals surface area contributed by atoms with Crippen molar-refractivity contribution in [3.63, 3.8) is 0 Å². The van der Waals surface area contributed by atoms with Gasteiger partial charge in [0.05, 0.1) is 18.1 Å². The quantitative estimate of drug-likeness (QED) is 0.731. The minimum absolute atomic E-state index is 0.0515. The summed E-state index contributed by atoms with van der Waals surface area (Å²) < 4.78 is 50.1. The number of carbonyl (C=O) groups is 1. The zero-order chi connectivity index (χ0) is 18.0. The molecule has 1 aromatic rings. The number of carbonyl (C=O) groups excluding carboxylic acids is 1. The summed E-state index contributed by atoms with van der Waals surface area (Å²) >= 11 is 1.18. The van der Waals surface area contributed by atoms with E-state index in [0.29, 0.717) is 13.0 Å². The molecule has 1 aromatic heterocycles. The molecule has 1 aliphatic rings. The summed E-state index contributed by atoms with van der Waals surface area (Å²) in [5.41, 5.74) is 0. The Bertz CT molecular complexity index is 798. The fourth-order valence-electron chi connectivity index (χ4n) is 2.68. The molecule has 2 rings (SSSR count). The molecular formula is C14H22N2O5S3. The molecule has 136 valence electrons. The molecular weight excluding hydrogens is 372 g/mol. The third kappa shape index (κ3) is 4.56. The van der Waals surface area contributed by atoms with Crippen molar-refractivity contribution in [1.29, 1.82) is 0 Å². The Kier molecular flexibility index (Phi) is 6.05. The molecule has 10 heteroatoms. The third-order valence-electron chi connectivity index (χ3n) is 3.97. The molecule has 0 radical (unpaired) electrons. The van der Waals surface area contributed by atoms with Crippen molar-refractivity contribution in [2.75, 3.05) is 24.6 Å². The Labute approximate surface area is 147 Å². The van der Waals surface area contributed by atoms with Crippen molar-refractivity contribution in [3.8, 4) is 0 Å². The van der Waals surface area contributed by atoms with E-state index >= 15 is 0 Å². The Balaban J connectivity index is 2.00. The first-order valence-corrected chi connectivity index (χ1v) is 11.9. The van der Waals surface area contributed by atoms with E-state index in [1.165, 1.54) is 22.3 Å². The summed E-state index contributed by atoms with van der Waals surface area (Å²) in [6, 6.07) is 2.91. The molecule has 1 amide bonds. The number of hydrogen-bond donors (Lipinski definition) is 1. The van der Waals surface area contributed by atoms with Crippen LogP contribution in [0.3, 0.4) is 0 Å². The van der Waals surface area contributed by atoms with Gasteiger partial charge in [0, 0.05) is 17.5 Å². The highest BCUT2D eigenvalue weighted by Gasteiger charge is 2.34. The van der Waals surface area contributed by atoms with E-state index in [1.54, 1.807) is 13.0 Å². The van der Waals surface area contributed by atoms with Gasteiger partial charge in [-0.1, -0.05) is 6.92 Å². The van der Waals surface area contributed by atoms with Crippen molar-refractivity contribution >= 4 is 37.1 Å². The van der Waals surface area contributed by atoms with Crippen LogP contribution in [0, 0.1) is 0 Å². The summed E-state index contributed by atoms with van der Waals surface area (Å²) in [6.07, 6.45) is 1.15. The lowest BCUT2D eigenvalue weighted by molar-refractivity contribution is -0.131. The minimum atomic E-state index is -3.73. The van der Waals surface area contributed by atoms with Crippen LogP contribution >= 0.6 is 11.3 Å². The van der Waals surface area contributed by atoms with Gasteiger partial charge in [0.25, 0.3) is 10.0 Å². The van der Waals surface area contributed by atoms with Crippen LogP contribution in [0.25, 0.3) is 0 Å². The van der Waals surface area contributed by atoms with Gasteiger partial charge in [-0.15, -0.1) is 11.3 Å². The molecule has 0 bridgehead atoms. The molecule has 24 heavy (non-hydrogen) atoms. The van der Waals surface area contributed by atoms with Crippen LogP contribution in [-0.2, 0) is 31.1 Å². The van der Waals surface area contributed by atoms with Crippen LogP contribution in [0.5, 0.6) is 0 Å². The Morgan fingerprint density at radius 1 is 1.38 bits per heavy atom. The smallest absolute Gasteiger partial charge is 0.250 e. The fraction of sp³-hybridized carbons (Fsp3) is 0.643. The molecule has 7 nitrogen and oxygen atoms in total. The van der Waals surface area contributed by atoms with E-state index in [1.807, 2.05) is 6.92 Å². The second-order valence-corrected chi connectivity index (χ2v) is 11.0. The van der Waals surface area contributed by atoms with Crippen molar-refractivity contribution in [1.82, 2.24) is 9.62 Å². The van der Waals surface area contributed by atoms with Gasteiger partial charge < -0.3 is 4.90 Å². The van der Waals surface area contributed by atoms with Gasteiger partial charge in [0.1, 0.15) is 4.21 Å². The minimum Gasteiger partial charge on any atom is -0.338 e. The molecule has 0 saturated carbocycles. The Morgan fingerprint density at radius 2 is 2.08 bits per heavy atom. The largest absolute Gasteiger partial charge is 0.338 e. The number of sulfonamides is 1. The maximum Gasteiger partial charge on any atom is 0.250 e. The normalized spacial score (nSPS) is 20.2. The predicted octanol–water partition coefficient (Wildman–Crippen LogP) is 0.624. The van der Waals surface area contributed by atoms with Gasteiger partial charge in [-0.05, 0) is 31.9 Å². The number of sulfone groups is 1. The van der Waals surface area contributed by atoms with Crippen molar-refractivity contribution < 1.29 is 21.6 Å². The standard InChI is InChI=1S/C14H22N2O5S3/c1-3-12-5-6-14(22-12)24(20,21)15-9-13(17)16(4-2)11-7-8-23(18,19)10-11/h5-6,11,15H,3-4,7-10H2,1-2H3. The molecule has 0 aliphatic carbocycles. The monoisotopic (exact) mass is 394 g/mol. The van der Waals surface area contributed by atoms with Crippen LogP contribution in [0.2, 0.25) is 0 Å². The van der Waals surface area contributed by atoms with Gasteiger partial charge in [-0.2, -0.15) is 0 Å². The predicted molar refractivity (Wildman–Crippen MR) is 93.3 cm³/mol. The van der Waals surface area contributed by atoms with Crippen LogP contribution in [0.4, 0.5) is 0 Å². The molecule has 1 atom stereocenters. The average Bonchev–Trinajstić information content (AvgIpc) is 3.13. The summed E-state index contributed by atoms with van der Waals surface area (Å²) in [6.45, 7) is 3.67. The van der Waals surface area contributed by atoms with E-state index in [2.05, 4.69) is 4.72 Å². The highest BCUT2D eigenvalue weighted by Crippen LogP contribution is 2.22. The second-order valence-electron chi connectivity index (χ2n) is 5.64. The first-order valence-electron chi connectivity index (χ1n) is 7.76. The number of hydrogen-bond acceptors (Lipinski definition) is 6. The van der Waals surface area contributed by atoms with E-state index in [0.717, 1.165) is 11.3 Å². The van der Waals surface area contributed by atoms with Crippen LogP contribution in [0.1, 0.15) is 25.1 Å². The summed E-state index contributed by atoms with van der Waals surface area (Å²) in [7, 11) is -6.83. The van der Waals surface area contributed by atoms with E-state index < -0.39 is 25.8 Å². The molecule has 1 saturated heterocycles. The molecule has 0 spiro atoms. The lowest BCUT2D eigenvalue weighted by Crippen LogP contribution is -2.46. The lowest BCUT2D eigenvalue weighted by atomic mass is 10.2. The van der Waals surface area contributed by atoms with Crippen molar-refractivity contribution in [2.24, 2.45) is 0 Å². The van der Waals surface area contributed by atoms with E-state index in [4.69, 9.17) is 0 Å². The van der Waals surface area contributed by atoms with Crippen molar-refractivity contribution in [2.45, 2.75) is 36.9 Å². The summed E-state index contributed by atoms with van der Waals surface area (Å²) in [5, 5.41) is 0. The first-order chi connectivity index (χ1) is 11.2. The Morgan fingerprint density at radius 3 is 2.58 bits per heavy atom. The van der Waals surface area contributed by atoms with E-state index in [-0.39, 0.29) is 28.3 Å². The Hall–Kier alpha value is -0.970. The number of nitrogens with zero attached hydrogens (tertiary/aromatic N) is 1. The van der Waals surface area contributed by atoms with Crippen molar-refractivity contribution in [3.05, 3.63) is 17.0 Å². The van der Waals surface area contributed by atoms with Gasteiger partial charge >= 0.3 is 0 Å². The molecule has 1 N–H and O–H groups in total. The molecule has 0 aromatic carbocycles. The number of likely N-dealkylation sites (N-methyl/N-ethyl adjacent to an activating group) is 1. The topological polar surface area (TPSA) is 101 Å². The van der Waals surface area contributed by atoms with Gasteiger partial charge in [-0.25, -0.2) is 21.6 Å². The third-order valence-corrected chi connectivity index (χ3v) is 8.85. The molecule has 1 unspecified atom stereocenters. The van der Waals surface area contributed by atoms with Gasteiger partial charge in [0.15, 0.2) is 9.84 Å². The number of aryl methyl sites for hydroxylation is 1. The molecule has 2 heterocycles. The number of nitrogens with one attached hydrogen (secondary N) is 1. The van der Waals surface area contributed by atoms with Gasteiger partial charge in [0.2, 0.25) is 5.91 Å². The molecule has 1 aliphatic heterocycles. The number of thiophene rings is 1. The van der Waals surface area contributed by atoms with Gasteiger partial charge in [-0.3, -0.25) is 4.79 Å². The number of rotatable bonds is 7. The highest BCUT2D eigenvalue weighted by molar-refractivity contribution is 7.92. The zero-order valence-electron chi connectivity index (χ0n) is 13.7. The summed E-state index contributed by atoms with van der Waals surface area (Å²) in [4.78, 5) is 14.7. The maximum absolute atomic E-state index is 12.3.